The van der Waals surface area contributed by atoms with E-state index in [4.69, 9.17) is 5.11 Å². The Hall–Kier alpha value is -1.32. The number of unbranched alkanes of at least 4 members (excludes halogenated alkanes) is 1. The monoisotopic (exact) mass is 213 g/mol. The van der Waals surface area contributed by atoms with Gasteiger partial charge in [-0.3, -0.25) is 4.79 Å². The largest absolute Gasteiger partial charge is 0.480 e. The molecule has 0 spiro atoms. The molecule has 4 nitrogen and oxygen atoms in total. The van der Waals surface area contributed by atoms with E-state index in [9.17, 15) is 9.59 Å². The molecule has 0 saturated carbocycles. The molecular formula is C11H19NO3. The average molecular weight is 213 g/mol. The predicted octanol–water partition coefficient (Wildman–Crippen LogP) is 1.71. The van der Waals surface area contributed by atoms with E-state index in [-0.39, 0.29) is 5.91 Å². The first-order chi connectivity index (χ1) is 7.11. The number of allylic oxidation sites excluding steroid dienone is 1. The van der Waals surface area contributed by atoms with Crippen LogP contribution in [0.5, 0.6) is 0 Å². The molecule has 0 radical (unpaired) electrons. The van der Waals surface area contributed by atoms with Crippen LogP contribution in [-0.4, -0.2) is 23.0 Å². The zero-order valence-electron chi connectivity index (χ0n) is 9.16. The van der Waals surface area contributed by atoms with Gasteiger partial charge in [-0.1, -0.05) is 25.8 Å². The topological polar surface area (TPSA) is 66.4 Å². The van der Waals surface area contributed by atoms with E-state index >= 15 is 0 Å². The lowest BCUT2D eigenvalue weighted by Crippen LogP contribution is -2.40. The van der Waals surface area contributed by atoms with Crippen molar-refractivity contribution in [3.8, 4) is 0 Å². The molecule has 0 bridgehead atoms. The maximum Gasteiger partial charge on any atom is 0.326 e. The quantitative estimate of drug-likeness (QED) is 0.603. The second-order valence-electron chi connectivity index (χ2n) is 3.43. The summed E-state index contributed by atoms with van der Waals surface area (Å²) in [5.41, 5.74) is 0. The number of hydrogen-bond acceptors (Lipinski definition) is 2. The van der Waals surface area contributed by atoms with Crippen molar-refractivity contribution in [1.82, 2.24) is 5.32 Å². The lowest BCUT2D eigenvalue weighted by molar-refractivity contribution is -0.142. The van der Waals surface area contributed by atoms with E-state index in [0.717, 1.165) is 12.8 Å². The van der Waals surface area contributed by atoms with E-state index in [1.54, 1.807) is 6.08 Å². The number of nitrogens with one attached hydrogen (secondary N) is 1. The molecule has 0 aromatic rings. The number of rotatable bonds is 8. The van der Waals surface area contributed by atoms with Gasteiger partial charge in [0.15, 0.2) is 0 Å². The highest BCUT2D eigenvalue weighted by Gasteiger charge is 2.18. The van der Waals surface area contributed by atoms with Crippen LogP contribution in [0.15, 0.2) is 12.7 Å². The van der Waals surface area contributed by atoms with Gasteiger partial charge in [0.05, 0.1) is 0 Å². The van der Waals surface area contributed by atoms with Gasteiger partial charge in [0, 0.05) is 6.42 Å². The Bertz CT molecular complexity index is 226. The van der Waals surface area contributed by atoms with Gasteiger partial charge in [-0.05, 0) is 12.8 Å². The first kappa shape index (κ1) is 13.7. The van der Waals surface area contributed by atoms with E-state index in [2.05, 4.69) is 11.9 Å². The summed E-state index contributed by atoms with van der Waals surface area (Å²) in [5, 5.41) is 11.3. The highest BCUT2D eigenvalue weighted by atomic mass is 16.4. The lowest BCUT2D eigenvalue weighted by Gasteiger charge is -2.13. The van der Waals surface area contributed by atoms with Crippen LogP contribution in [0.2, 0.25) is 0 Å². The van der Waals surface area contributed by atoms with Crippen molar-refractivity contribution >= 4 is 11.9 Å². The summed E-state index contributed by atoms with van der Waals surface area (Å²) in [6.45, 7) is 5.48. The van der Waals surface area contributed by atoms with Gasteiger partial charge < -0.3 is 10.4 Å². The van der Waals surface area contributed by atoms with Crippen LogP contribution >= 0.6 is 0 Å². The molecule has 0 heterocycles. The maximum atomic E-state index is 11.3. The molecule has 0 rings (SSSR count). The number of aliphatic carboxylic acids is 1. The summed E-state index contributed by atoms with van der Waals surface area (Å²) in [5.74, 6) is -1.19. The molecular weight excluding hydrogens is 194 g/mol. The van der Waals surface area contributed by atoms with Crippen molar-refractivity contribution in [2.75, 3.05) is 0 Å². The fraction of sp³-hybridized carbons (Fsp3) is 0.636. The summed E-state index contributed by atoms with van der Waals surface area (Å²) >= 11 is 0. The van der Waals surface area contributed by atoms with E-state index < -0.39 is 12.0 Å². The third-order valence-electron chi connectivity index (χ3n) is 2.06. The van der Waals surface area contributed by atoms with Crippen molar-refractivity contribution in [3.63, 3.8) is 0 Å². The van der Waals surface area contributed by atoms with Crippen LogP contribution in [0, 0.1) is 0 Å². The lowest BCUT2D eigenvalue weighted by atomic mass is 10.1. The molecule has 4 heteroatoms. The van der Waals surface area contributed by atoms with Gasteiger partial charge in [0.2, 0.25) is 5.91 Å². The zero-order chi connectivity index (χ0) is 11.7. The minimum atomic E-state index is -0.963. The van der Waals surface area contributed by atoms with Gasteiger partial charge in [-0.15, -0.1) is 6.58 Å². The van der Waals surface area contributed by atoms with Gasteiger partial charge in [0.25, 0.3) is 0 Å². The van der Waals surface area contributed by atoms with E-state index in [0.29, 0.717) is 19.3 Å². The van der Waals surface area contributed by atoms with Crippen LogP contribution in [0.4, 0.5) is 0 Å². The molecule has 0 aliphatic heterocycles. The van der Waals surface area contributed by atoms with Crippen LogP contribution in [-0.2, 0) is 9.59 Å². The van der Waals surface area contributed by atoms with Gasteiger partial charge in [-0.25, -0.2) is 4.79 Å². The Labute approximate surface area is 90.4 Å². The third-order valence-corrected chi connectivity index (χ3v) is 2.06. The number of carboxylic acids is 1. The first-order valence-electron chi connectivity index (χ1n) is 5.24. The molecule has 0 saturated heterocycles. The van der Waals surface area contributed by atoms with E-state index in [1.165, 1.54) is 0 Å². The number of hydrogen-bond donors (Lipinski definition) is 2. The van der Waals surface area contributed by atoms with Gasteiger partial charge >= 0.3 is 5.97 Å². The number of carbonyl (C=O) groups is 2. The third kappa shape index (κ3) is 6.71. The van der Waals surface area contributed by atoms with Crippen LogP contribution in [0.1, 0.15) is 39.0 Å². The normalized spacial score (nSPS) is 11.8. The molecule has 0 aromatic carbocycles. The Morgan fingerprint density at radius 1 is 1.53 bits per heavy atom. The summed E-state index contributed by atoms with van der Waals surface area (Å²) < 4.78 is 0. The maximum absolute atomic E-state index is 11.3. The molecule has 86 valence electrons. The number of carbonyl (C=O) groups excluding carboxylic acids is 1. The Morgan fingerprint density at radius 3 is 2.67 bits per heavy atom. The second kappa shape index (κ2) is 8.03. The Morgan fingerprint density at radius 2 is 2.20 bits per heavy atom. The molecule has 1 atom stereocenters. The molecule has 1 amide bonds. The van der Waals surface area contributed by atoms with Crippen LogP contribution < -0.4 is 5.32 Å². The molecule has 0 unspecified atom stereocenters. The number of carboxylic acid groups (broad SMARTS) is 1. The SMILES string of the molecule is C=CCCC(=O)N[C@@H](CCCC)C(=O)O. The molecule has 0 aliphatic carbocycles. The van der Waals surface area contributed by atoms with Gasteiger partial charge in [-0.2, -0.15) is 0 Å². The van der Waals surface area contributed by atoms with Crippen molar-refractivity contribution in [2.45, 2.75) is 45.1 Å². The molecule has 0 fully saturated rings. The first-order valence-corrected chi connectivity index (χ1v) is 5.24. The van der Waals surface area contributed by atoms with Crippen molar-refractivity contribution in [3.05, 3.63) is 12.7 Å². The summed E-state index contributed by atoms with van der Waals surface area (Å²) in [6.07, 6.45) is 4.74. The van der Waals surface area contributed by atoms with Gasteiger partial charge in [0.1, 0.15) is 6.04 Å². The molecule has 2 N–H and O–H groups in total. The minimum absolute atomic E-state index is 0.224. The fourth-order valence-electron chi connectivity index (χ4n) is 1.17. The van der Waals surface area contributed by atoms with Crippen molar-refractivity contribution < 1.29 is 14.7 Å². The smallest absolute Gasteiger partial charge is 0.326 e. The zero-order valence-corrected chi connectivity index (χ0v) is 9.16. The summed E-state index contributed by atoms with van der Waals surface area (Å²) in [4.78, 5) is 22.0. The molecule has 15 heavy (non-hydrogen) atoms. The highest BCUT2D eigenvalue weighted by molar-refractivity contribution is 5.83. The predicted molar refractivity (Wildman–Crippen MR) is 58.5 cm³/mol. The summed E-state index contributed by atoms with van der Waals surface area (Å²) in [7, 11) is 0. The Balaban J connectivity index is 3.98. The molecule has 0 aliphatic rings. The fourth-order valence-corrected chi connectivity index (χ4v) is 1.17. The second-order valence-corrected chi connectivity index (χ2v) is 3.43. The van der Waals surface area contributed by atoms with Crippen LogP contribution in [0.25, 0.3) is 0 Å². The standard InChI is InChI=1S/C11H19NO3/c1-3-5-7-9(11(14)15)12-10(13)8-6-4-2/h4,9H,2-3,5-8H2,1H3,(H,12,13)(H,14,15)/t9-/m0/s1. The molecule has 0 aromatic heterocycles. The Kier molecular flexibility index (Phi) is 7.32. The average Bonchev–Trinajstić information content (AvgIpc) is 2.20. The summed E-state index contributed by atoms with van der Waals surface area (Å²) in [6, 6.07) is -0.748. The van der Waals surface area contributed by atoms with E-state index in [1.807, 2.05) is 6.92 Å². The minimum Gasteiger partial charge on any atom is -0.480 e. The van der Waals surface area contributed by atoms with Crippen molar-refractivity contribution in [1.29, 1.82) is 0 Å². The van der Waals surface area contributed by atoms with Crippen molar-refractivity contribution in [2.24, 2.45) is 0 Å². The number of amides is 1. The van der Waals surface area contributed by atoms with Crippen LogP contribution in [0.3, 0.4) is 0 Å². The highest BCUT2D eigenvalue weighted by Crippen LogP contribution is 2.02.